The lowest BCUT2D eigenvalue weighted by Gasteiger charge is -2.20. The number of hydrogen-bond donors (Lipinski definition) is 2. The Bertz CT molecular complexity index is 435. The average Bonchev–Trinajstić information content (AvgIpc) is 2.52. The first kappa shape index (κ1) is 16.0. The molecule has 1 atom stereocenters. The SMILES string of the molecule is Cc1cc(CC(N)CNC(=O)OC(C)(C)C)c(C)s1. The summed E-state index contributed by atoms with van der Waals surface area (Å²) < 4.78 is 5.16. The predicted octanol–water partition coefficient (Wildman–Crippen LogP) is 2.76. The molecular formula is C14H24N2O2S. The minimum atomic E-state index is -0.477. The van der Waals surface area contributed by atoms with E-state index in [2.05, 4.69) is 25.2 Å². The zero-order valence-corrected chi connectivity index (χ0v) is 13.2. The lowest BCUT2D eigenvalue weighted by Crippen LogP contribution is -2.41. The van der Waals surface area contributed by atoms with Crippen molar-refractivity contribution in [1.82, 2.24) is 5.32 Å². The number of thiophene rings is 1. The molecule has 0 aromatic carbocycles. The van der Waals surface area contributed by atoms with E-state index in [-0.39, 0.29) is 6.04 Å². The van der Waals surface area contributed by atoms with Crippen molar-refractivity contribution < 1.29 is 9.53 Å². The first-order valence-electron chi connectivity index (χ1n) is 6.45. The summed E-state index contributed by atoms with van der Waals surface area (Å²) in [5.41, 5.74) is 6.82. The molecule has 1 amide bonds. The van der Waals surface area contributed by atoms with Gasteiger partial charge in [0.1, 0.15) is 5.60 Å². The van der Waals surface area contributed by atoms with Crippen LogP contribution in [-0.2, 0) is 11.2 Å². The van der Waals surface area contributed by atoms with E-state index in [9.17, 15) is 4.79 Å². The van der Waals surface area contributed by atoms with Gasteiger partial charge in [0.25, 0.3) is 0 Å². The van der Waals surface area contributed by atoms with Gasteiger partial charge in [-0.3, -0.25) is 0 Å². The number of nitrogens with two attached hydrogens (primary N) is 1. The van der Waals surface area contributed by atoms with E-state index in [0.29, 0.717) is 6.54 Å². The first-order chi connectivity index (χ1) is 8.67. The number of carbonyl (C=O) groups is 1. The molecule has 0 spiro atoms. The van der Waals surface area contributed by atoms with E-state index in [1.54, 1.807) is 11.3 Å². The lowest BCUT2D eigenvalue weighted by atomic mass is 10.1. The number of ether oxygens (including phenoxy) is 1. The van der Waals surface area contributed by atoms with Crippen LogP contribution in [0.1, 0.15) is 36.1 Å². The summed E-state index contributed by atoms with van der Waals surface area (Å²) in [6, 6.07) is 2.06. The van der Waals surface area contributed by atoms with Crippen LogP contribution in [-0.4, -0.2) is 24.3 Å². The Labute approximate surface area is 119 Å². The standard InChI is InChI=1S/C14H24N2O2S/c1-9-6-11(10(2)19-9)7-12(15)8-16-13(17)18-14(3,4)5/h6,12H,7-8,15H2,1-5H3,(H,16,17). The maximum absolute atomic E-state index is 11.5. The van der Waals surface area contributed by atoms with E-state index < -0.39 is 11.7 Å². The molecule has 19 heavy (non-hydrogen) atoms. The molecule has 0 bridgehead atoms. The molecule has 0 aliphatic rings. The van der Waals surface area contributed by atoms with E-state index >= 15 is 0 Å². The number of nitrogens with one attached hydrogen (secondary N) is 1. The molecule has 0 aliphatic heterocycles. The van der Waals surface area contributed by atoms with Gasteiger partial charge in [-0.05, 0) is 52.7 Å². The number of hydrogen-bond acceptors (Lipinski definition) is 4. The molecule has 0 radical (unpaired) electrons. The highest BCUT2D eigenvalue weighted by Gasteiger charge is 2.17. The maximum Gasteiger partial charge on any atom is 0.407 e. The Morgan fingerprint density at radius 1 is 1.47 bits per heavy atom. The third kappa shape index (κ3) is 6.07. The zero-order chi connectivity index (χ0) is 14.6. The highest BCUT2D eigenvalue weighted by Crippen LogP contribution is 2.21. The quantitative estimate of drug-likeness (QED) is 0.893. The van der Waals surface area contributed by atoms with Crippen molar-refractivity contribution >= 4 is 17.4 Å². The van der Waals surface area contributed by atoms with Crippen molar-refractivity contribution in [1.29, 1.82) is 0 Å². The van der Waals surface area contributed by atoms with Gasteiger partial charge in [0.2, 0.25) is 0 Å². The molecule has 1 unspecified atom stereocenters. The van der Waals surface area contributed by atoms with Gasteiger partial charge in [0.15, 0.2) is 0 Å². The van der Waals surface area contributed by atoms with Gasteiger partial charge in [-0.2, -0.15) is 0 Å². The van der Waals surface area contributed by atoms with Crippen LogP contribution in [0.15, 0.2) is 6.07 Å². The van der Waals surface area contributed by atoms with Gasteiger partial charge in [0, 0.05) is 22.3 Å². The van der Waals surface area contributed by atoms with Gasteiger partial charge in [-0.25, -0.2) is 4.79 Å². The fourth-order valence-corrected chi connectivity index (χ4v) is 2.73. The summed E-state index contributed by atoms with van der Waals surface area (Å²) in [5, 5.41) is 2.70. The average molecular weight is 284 g/mol. The van der Waals surface area contributed by atoms with Crippen LogP contribution in [0, 0.1) is 13.8 Å². The molecule has 3 N–H and O–H groups in total. The number of rotatable bonds is 4. The van der Waals surface area contributed by atoms with Gasteiger partial charge < -0.3 is 15.8 Å². The zero-order valence-electron chi connectivity index (χ0n) is 12.4. The molecule has 0 saturated carbocycles. The molecular weight excluding hydrogens is 260 g/mol. The molecule has 4 nitrogen and oxygen atoms in total. The van der Waals surface area contributed by atoms with Crippen molar-refractivity contribution in [2.24, 2.45) is 5.73 Å². The van der Waals surface area contributed by atoms with Crippen molar-refractivity contribution in [3.8, 4) is 0 Å². The van der Waals surface area contributed by atoms with Crippen LogP contribution < -0.4 is 11.1 Å². The van der Waals surface area contributed by atoms with Crippen LogP contribution >= 0.6 is 11.3 Å². The second-order valence-corrected chi connectivity index (χ2v) is 7.25. The second kappa shape index (κ2) is 6.39. The number of amides is 1. The van der Waals surface area contributed by atoms with Gasteiger partial charge in [0.05, 0.1) is 0 Å². The topological polar surface area (TPSA) is 64.3 Å². The Morgan fingerprint density at radius 2 is 2.11 bits per heavy atom. The third-order valence-electron chi connectivity index (χ3n) is 2.53. The number of carbonyl (C=O) groups excluding carboxylic acids is 1. The summed E-state index contributed by atoms with van der Waals surface area (Å²) in [5.74, 6) is 0. The second-order valence-electron chi connectivity index (χ2n) is 5.79. The van der Waals surface area contributed by atoms with Crippen molar-refractivity contribution in [3.05, 3.63) is 21.4 Å². The van der Waals surface area contributed by atoms with Crippen LogP contribution in [0.3, 0.4) is 0 Å². The van der Waals surface area contributed by atoms with Gasteiger partial charge >= 0.3 is 6.09 Å². The third-order valence-corrected chi connectivity index (χ3v) is 3.54. The molecule has 0 saturated heterocycles. The maximum atomic E-state index is 11.5. The summed E-state index contributed by atoms with van der Waals surface area (Å²) >= 11 is 1.78. The van der Waals surface area contributed by atoms with E-state index in [0.717, 1.165) is 6.42 Å². The Hall–Kier alpha value is -1.07. The predicted molar refractivity (Wildman–Crippen MR) is 79.7 cm³/mol. The Kier molecular flexibility index (Phi) is 5.38. The van der Waals surface area contributed by atoms with Crippen LogP contribution in [0.4, 0.5) is 4.79 Å². The lowest BCUT2D eigenvalue weighted by molar-refractivity contribution is 0.0524. The fourth-order valence-electron chi connectivity index (χ4n) is 1.77. The van der Waals surface area contributed by atoms with E-state index in [1.807, 2.05) is 20.8 Å². The minimum absolute atomic E-state index is 0.0970. The highest BCUT2D eigenvalue weighted by atomic mass is 32.1. The minimum Gasteiger partial charge on any atom is -0.444 e. The van der Waals surface area contributed by atoms with E-state index in [1.165, 1.54) is 15.3 Å². The van der Waals surface area contributed by atoms with Gasteiger partial charge in [-0.15, -0.1) is 11.3 Å². The molecule has 0 fully saturated rings. The summed E-state index contributed by atoms with van der Waals surface area (Å²) in [6.07, 6.45) is 0.354. The van der Waals surface area contributed by atoms with E-state index in [4.69, 9.17) is 10.5 Å². The molecule has 5 heteroatoms. The van der Waals surface area contributed by atoms with Crippen LogP contribution in [0.25, 0.3) is 0 Å². The molecule has 108 valence electrons. The van der Waals surface area contributed by atoms with Crippen LogP contribution in [0.5, 0.6) is 0 Å². The molecule has 1 heterocycles. The van der Waals surface area contributed by atoms with Crippen molar-refractivity contribution in [3.63, 3.8) is 0 Å². The van der Waals surface area contributed by atoms with Crippen molar-refractivity contribution in [2.75, 3.05) is 6.54 Å². The highest BCUT2D eigenvalue weighted by molar-refractivity contribution is 7.12. The molecule has 1 aromatic heterocycles. The Balaban J connectivity index is 2.38. The number of aryl methyl sites for hydroxylation is 2. The van der Waals surface area contributed by atoms with Gasteiger partial charge in [-0.1, -0.05) is 0 Å². The molecule has 1 aromatic rings. The van der Waals surface area contributed by atoms with Crippen molar-refractivity contribution in [2.45, 2.75) is 52.7 Å². The monoisotopic (exact) mass is 284 g/mol. The normalized spacial score (nSPS) is 13.2. The Morgan fingerprint density at radius 3 is 2.58 bits per heavy atom. The smallest absolute Gasteiger partial charge is 0.407 e. The fraction of sp³-hybridized carbons (Fsp3) is 0.643. The molecule has 1 rings (SSSR count). The summed E-state index contributed by atoms with van der Waals surface area (Å²) in [6.45, 7) is 10.1. The molecule has 0 aliphatic carbocycles. The largest absolute Gasteiger partial charge is 0.444 e. The van der Waals surface area contributed by atoms with Crippen LogP contribution in [0.2, 0.25) is 0 Å². The number of alkyl carbamates (subject to hydrolysis) is 1. The summed E-state index contributed by atoms with van der Waals surface area (Å²) in [4.78, 5) is 14.1. The first-order valence-corrected chi connectivity index (χ1v) is 7.27. The summed E-state index contributed by atoms with van der Waals surface area (Å²) in [7, 11) is 0.